The summed E-state index contributed by atoms with van der Waals surface area (Å²) in [7, 11) is 0. The Kier molecular flexibility index (Phi) is 6.76. The smallest absolute Gasteiger partial charge is 0.180 e. The average molecular weight is 734 g/mol. The van der Waals surface area contributed by atoms with Gasteiger partial charge in [0.2, 0.25) is 0 Å². The van der Waals surface area contributed by atoms with Crippen LogP contribution in [0.5, 0.6) is 0 Å². The Morgan fingerprint density at radius 2 is 0.895 bits per heavy atom. The van der Waals surface area contributed by atoms with Gasteiger partial charge in [-0.1, -0.05) is 115 Å². The Morgan fingerprint density at radius 1 is 0.316 bits per heavy atom. The van der Waals surface area contributed by atoms with Crippen LogP contribution in [0.3, 0.4) is 0 Å². The predicted molar refractivity (Wildman–Crippen MR) is 224 cm³/mol. The zero-order valence-corrected chi connectivity index (χ0v) is 30.0. The lowest BCUT2D eigenvalue weighted by Gasteiger charge is -2.09. The van der Waals surface area contributed by atoms with E-state index in [9.17, 15) is 0 Å². The van der Waals surface area contributed by atoms with Crippen LogP contribution in [0, 0.1) is 0 Å². The molecule has 0 spiro atoms. The minimum Gasteiger partial charge on any atom is -0.456 e. The van der Waals surface area contributed by atoms with E-state index in [1.165, 1.54) is 0 Å². The van der Waals surface area contributed by atoms with Crippen LogP contribution in [0.15, 0.2) is 177 Å². The number of fused-ring (bicyclic) bond motifs is 9. The Hall–Kier alpha value is -7.97. The largest absolute Gasteiger partial charge is 0.456 e. The van der Waals surface area contributed by atoms with Gasteiger partial charge in [0.15, 0.2) is 28.9 Å². The highest BCUT2D eigenvalue weighted by Gasteiger charge is 2.23. The molecule has 12 aromatic rings. The second-order valence-corrected chi connectivity index (χ2v) is 14.0. The van der Waals surface area contributed by atoms with E-state index in [1.54, 1.807) is 0 Å². The number of benzene rings is 7. The SMILES string of the molecule is c1ccc(-c2nc(-c3ccc4oc5ccccc5c4c3)nc(-c3cccc4c3oc3cccc(-c5nc(-c6ccccc6)c6oc7ccccc7c6n5)c34)n2)cc1. The van der Waals surface area contributed by atoms with Gasteiger partial charge in [-0.25, -0.2) is 24.9 Å². The van der Waals surface area contributed by atoms with E-state index < -0.39 is 0 Å². The molecule has 12 rings (SSSR count). The van der Waals surface area contributed by atoms with Crippen LogP contribution in [0.25, 0.3) is 123 Å². The van der Waals surface area contributed by atoms with Gasteiger partial charge in [-0.15, -0.1) is 0 Å². The molecule has 0 aliphatic carbocycles. The topological polar surface area (TPSA) is 104 Å². The maximum absolute atomic E-state index is 6.76. The zero-order chi connectivity index (χ0) is 37.5. The third kappa shape index (κ3) is 4.97. The lowest BCUT2D eigenvalue weighted by molar-refractivity contribution is 0.667. The molecule has 0 amide bonds. The summed E-state index contributed by atoms with van der Waals surface area (Å²) in [5.74, 6) is 2.17. The lowest BCUT2D eigenvalue weighted by Crippen LogP contribution is -2.00. The van der Waals surface area contributed by atoms with E-state index >= 15 is 0 Å². The fourth-order valence-corrected chi connectivity index (χ4v) is 7.92. The van der Waals surface area contributed by atoms with Crippen molar-refractivity contribution in [2.24, 2.45) is 0 Å². The van der Waals surface area contributed by atoms with Crippen LogP contribution in [-0.4, -0.2) is 24.9 Å². The first-order valence-corrected chi connectivity index (χ1v) is 18.7. The lowest BCUT2D eigenvalue weighted by atomic mass is 10.0. The molecule has 8 nitrogen and oxygen atoms in total. The molecular weight excluding hydrogens is 707 g/mol. The van der Waals surface area contributed by atoms with E-state index in [0.717, 1.165) is 82.7 Å². The second-order valence-electron chi connectivity index (χ2n) is 14.0. The van der Waals surface area contributed by atoms with Gasteiger partial charge in [0, 0.05) is 49.2 Å². The quantitative estimate of drug-likeness (QED) is 0.172. The molecule has 0 bridgehead atoms. The molecular formula is C49H27N5O3. The highest BCUT2D eigenvalue weighted by molar-refractivity contribution is 6.15. The van der Waals surface area contributed by atoms with Gasteiger partial charge < -0.3 is 13.3 Å². The van der Waals surface area contributed by atoms with E-state index in [-0.39, 0.29) is 0 Å². The summed E-state index contributed by atoms with van der Waals surface area (Å²) in [6.45, 7) is 0. The van der Waals surface area contributed by atoms with Crippen molar-refractivity contribution in [1.82, 2.24) is 24.9 Å². The number of furan rings is 3. The zero-order valence-electron chi connectivity index (χ0n) is 30.0. The van der Waals surface area contributed by atoms with Crippen molar-refractivity contribution in [1.29, 1.82) is 0 Å². The van der Waals surface area contributed by atoms with Crippen molar-refractivity contribution in [3.63, 3.8) is 0 Å². The predicted octanol–water partition coefficient (Wildman–Crippen LogP) is 12.7. The van der Waals surface area contributed by atoms with Crippen LogP contribution < -0.4 is 0 Å². The van der Waals surface area contributed by atoms with Gasteiger partial charge in [-0.3, -0.25) is 0 Å². The van der Waals surface area contributed by atoms with Gasteiger partial charge in [-0.2, -0.15) is 0 Å². The third-order valence-electron chi connectivity index (χ3n) is 10.6. The van der Waals surface area contributed by atoms with Gasteiger partial charge in [0.25, 0.3) is 0 Å². The van der Waals surface area contributed by atoms with Gasteiger partial charge in [0.1, 0.15) is 39.1 Å². The van der Waals surface area contributed by atoms with Crippen molar-refractivity contribution >= 4 is 65.9 Å². The fraction of sp³-hybridized carbons (Fsp3) is 0. The summed E-state index contributed by atoms with van der Waals surface area (Å²) >= 11 is 0. The maximum atomic E-state index is 6.76. The van der Waals surface area contributed by atoms with E-state index in [2.05, 4.69) is 18.2 Å². The van der Waals surface area contributed by atoms with Crippen LogP contribution in [0.4, 0.5) is 0 Å². The Morgan fingerprint density at radius 3 is 1.72 bits per heavy atom. The van der Waals surface area contributed by atoms with E-state index in [1.807, 2.05) is 146 Å². The van der Waals surface area contributed by atoms with Crippen LogP contribution in [-0.2, 0) is 0 Å². The van der Waals surface area contributed by atoms with Crippen LogP contribution >= 0.6 is 0 Å². The van der Waals surface area contributed by atoms with Gasteiger partial charge in [-0.05, 0) is 48.5 Å². The van der Waals surface area contributed by atoms with Crippen molar-refractivity contribution in [2.45, 2.75) is 0 Å². The van der Waals surface area contributed by atoms with Gasteiger partial charge >= 0.3 is 0 Å². The van der Waals surface area contributed by atoms with Crippen LogP contribution in [0.2, 0.25) is 0 Å². The Bertz CT molecular complexity index is 3530. The molecule has 57 heavy (non-hydrogen) atoms. The average Bonchev–Trinajstić information content (AvgIpc) is 3.98. The number of hydrogen-bond donors (Lipinski definition) is 0. The maximum Gasteiger partial charge on any atom is 0.180 e. The Balaban J connectivity index is 1.08. The standard InChI is InChI=1S/C49H27N5O3/c1-3-13-28(14-4-1)42-45-43(32-18-8-10-23-38(32)56-45)51-48(50-42)34-20-12-24-40-41(34)33-19-11-21-35(44(33)57-40)49-53-46(29-15-5-2-6-16-29)52-47(54-49)30-25-26-39-36(27-30)31-17-7-9-22-37(31)55-39/h1-27H. The minimum atomic E-state index is 0.496. The summed E-state index contributed by atoms with van der Waals surface area (Å²) in [5.41, 5.74) is 10.2. The molecule has 0 saturated carbocycles. The highest BCUT2D eigenvalue weighted by Crippen LogP contribution is 2.42. The first-order valence-electron chi connectivity index (χ1n) is 18.7. The molecule has 0 unspecified atom stereocenters. The number of para-hydroxylation sites is 3. The molecule has 0 atom stereocenters. The molecule has 0 N–H and O–H groups in total. The monoisotopic (exact) mass is 733 g/mol. The molecule has 8 heteroatoms. The van der Waals surface area contributed by atoms with Gasteiger partial charge in [0.05, 0.1) is 5.56 Å². The summed E-state index contributed by atoms with van der Waals surface area (Å²) in [4.78, 5) is 25.6. The van der Waals surface area contributed by atoms with E-state index in [4.69, 9.17) is 38.2 Å². The first kappa shape index (κ1) is 31.4. The molecule has 5 heterocycles. The molecule has 0 aliphatic rings. The van der Waals surface area contributed by atoms with Crippen molar-refractivity contribution in [2.75, 3.05) is 0 Å². The molecule has 0 saturated heterocycles. The number of aromatic nitrogens is 5. The summed E-state index contributed by atoms with van der Waals surface area (Å²) in [5, 5.41) is 4.76. The second kappa shape index (κ2) is 12.3. The third-order valence-corrected chi connectivity index (χ3v) is 10.6. The number of hydrogen-bond acceptors (Lipinski definition) is 8. The summed E-state index contributed by atoms with van der Waals surface area (Å²) < 4.78 is 19.3. The first-order chi connectivity index (χ1) is 28.2. The molecule has 0 radical (unpaired) electrons. The van der Waals surface area contributed by atoms with E-state index in [0.29, 0.717) is 40.0 Å². The number of rotatable bonds is 5. The summed E-state index contributed by atoms with van der Waals surface area (Å²) in [6, 6.07) is 54.2. The fourth-order valence-electron chi connectivity index (χ4n) is 7.92. The molecule has 266 valence electrons. The van der Waals surface area contributed by atoms with Crippen molar-refractivity contribution in [3.05, 3.63) is 164 Å². The van der Waals surface area contributed by atoms with Crippen LogP contribution in [0.1, 0.15) is 0 Å². The Labute approximate surface area is 323 Å². The minimum absolute atomic E-state index is 0.496. The normalized spacial score (nSPS) is 11.9. The highest BCUT2D eigenvalue weighted by atomic mass is 16.3. The summed E-state index contributed by atoms with van der Waals surface area (Å²) in [6.07, 6.45) is 0. The number of nitrogens with zero attached hydrogens (tertiary/aromatic N) is 5. The van der Waals surface area contributed by atoms with Crippen molar-refractivity contribution < 1.29 is 13.3 Å². The molecule has 5 aromatic heterocycles. The molecule has 0 fully saturated rings. The van der Waals surface area contributed by atoms with Crippen molar-refractivity contribution in [3.8, 4) is 56.8 Å². The molecule has 7 aromatic carbocycles. The molecule has 0 aliphatic heterocycles.